The quantitative estimate of drug-likeness (QED) is 0.702. The maximum atomic E-state index is 11.4. The zero-order chi connectivity index (χ0) is 12.9. The van der Waals surface area contributed by atoms with Gasteiger partial charge in [0.15, 0.2) is 0 Å². The minimum Gasteiger partial charge on any atom is -0.481 e. The number of carboxylic acid groups (broad SMARTS) is 1. The molecule has 0 heterocycles. The first-order valence-corrected chi connectivity index (χ1v) is 6.24. The minimum absolute atomic E-state index is 0.0575. The summed E-state index contributed by atoms with van der Waals surface area (Å²) < 4.78 is 0. The average Bonchev–Trinajstić information content (AvgIpc) is 2.26. The van der Waals surface area contributed by atoms with Crippen LogP contribution in [0.1, 0.15) is 46.0 Å². The van der Waals surface area contributed by atoms with Crippen molar-refractivity contribution in [1.82, 2.24) is 10.6 Å². The Morgan fingerprint density at radius 3 is 2.29 bits per heavy atom. The summed E-state index contributed by atoms with van der Waals surface area (Å²) in [7, 11) is 0. The Kier molecular flexibility index (Phi) is 4.78. The highest BCUT2D eigenvalue weighted by Crippen LogP contribution is 2.35. The van der Waals surface area contributed by atoms with E-state index in [4.69, 9.17) is 0 Å². The number of amides is 2. The van der Waals surface area contributed by atoms with Crippen molar-refractivity contribution in [3.63, 3.8) is 0 Å². The first-order chi connectivity index (χ1) is 7.96. The highest BCUT2D eigenvalue weighted by molar-refractivity contribution is 5.78. The summed E-state index contributed by atoms with van der Waals surface area (Å²) in [4.78, 5) is 22.8. The maximum absolute atomic E-state index is 11.4. The van der Waals surface area contributed by atoms with Crippen molar-refractivity contribution in [1.29, 1.82) is 0 Å². The number of carbonyl (C=O) groups excluding carboxylic acids is 1. The van der Waals surface area contributed by atoms with Crippen LogP contribution in [0.5, 0.6) is 0 Å². The molecule has 1 fully saturated rings. The Hall–Kier alpha value is -1.26. The molecule has 5 heteroatoms. The fourth-order valence-corrected chi connectivity index (χ4v) is 2.26. The second-order valence-corrected chi connectivity index (χ2v) is 5.13. The summed E-state index contributed by atoms with van der Waals surface area (Å²) in [6.07, 6.45) is 4.27. The largest absolute Gasteiger partial charge is 0.481 e. The van der Waals surface area contributed by atoms with E-state index in [1.165, 1.54) is 0 Å². The summed E-state index contributed by atoms with van der Waals surface area (Å²) in [6, 6.07) is -0.228. The summed E-state index contributed by atoms with van der Waals surface area (Å²) in [5, 5.41) is 14.7. The first kappa shape index (κ1) is 13.8. The summed E-state index contributed by atoms with van der Waals surface area (Å²) >= 11 is 0. The summed E-state index contributed by atoms with van der Waals surface area (Å²) in [5.41, 5.74) is -0.757. The van der Waals surface area contributed by atoms with Crippen LogP contribution in [-0.2, 0) is 4.79 Å². The van der Waals surface area contributed by atoms with Crippen LogP contribution in [0.15, 0.2) is 0 Å². The lowest BCUT2D eigenvalue weighted by molar-refractivity contribution is -0.150. The highest BCUT2D eigenvalue weighted by atomic mass is 16.4. The van der Waals surface area contributed by atoms with Gasteiger partial charge < -0.3 is 15.7 Å². The van der Waals surface area contributed by atoms with E-state index in [0.717, 1.165) is 19.3 Å². The second kappa shape index (κ2) is 5.89. The predicted molar refractivity (Wildman–Crippen MR) is 64.8 cm³/mol. The molecule has 2 amide bonds. The number of aliphatic carboxylic acids is 1. The third-order valence-corrected chi connectivity index (χ3v) is 3.27. The number of hydrogen-bond donors (Lipinski definition) is 3. The van der Waals surface area contributed by atoms with Crippen molar-refractivity contribution in [2.24, 2.45) is 5.41 Å². The maximum Gasteiger partial charge on any atom is 0.315 e. The van der Waals surface area contributed by atoms with E-state index < -0.39 is 11.4 Å². The highest BCUT2D eigenvalue weighted by Gasteiger charge is 2.39. The van der Waals surface area contributed by atoms with E-state index in [1.807, 2.05) is 13.8 Å². The van der Waals surface area contributed by atoms with Crippen molar-refractivity contribution < 1.29 is 14.7 Å². The van der Waals surface area contributed by atoms with Crippen LogP contribution in [0.25, 0.3) is 0 Å². The molecular weight excluding hydrogens is 220 g/mol. The monoisotopic (exact) mass is 242 g/mol. The fourth-order valence-electron chi connectivity index (χ4n) is 2.26. The van der Waals surface area contributed by atoms with Crippen LogP contribution < -0.4 is 10.6 Å². The zero-order valence-corrected chi connectivity index (χ0v) is 10.6. The zero-order valence-electron chi connectivity index (χ0n) is 10.6. The molecule has 0 radical (unpaired) electrons. The molecule has 0 saturated heterocycles. The van der Waals surface area contributed by atoms with Crippen molar-refractivity contribution in [2.75, 3.05) is 6.54 Å². The Morgan fingerprint density at radius 1 is 1.24 bits per heavy atom. The van der Waals surface area contributed by atoms with Crippen molar-refractivity contribution in [3.8, 4) is 0 Å². The Labute approximate surface area is 102 Å². The van der Waals surface area contributed by atoms with Gasteiger partial charge in [0.05, 0.1) is 5.41 Å². The Balaban J connectivity index is 2.50. The van der Waals surface area contributed by atoms with Crippen molar-refractivity contribution in [3.05, 3.63) is 0 Å². The van der Waals surface area contributed by atoms with Crippen LogP contribution in [0, 0.1) is 5.41 Å². The van der Waals surface area contributed by atoms with Gasteiger partial charge in [-0.1, -0.05) is 19.3 Å². The Bertz CT molecular complexity index is 283. The fraction of sp³-hybridized carbons (Fsp3) is 0.833. The van der Waals surface area contributed by atoms with Gasteiger partial charge in [-0.3, -0.25) is 4.79 Å². The van der Waals surface area contributed by atoms with Crippen LogP contribution in [0.2, 0.25) is 0 Å². The van der Waals surface area contributed by atoms with E-state index in [2.05, 4.69) is 10.6 Å². The molecule has 0 bridgehead atoms. The molecule has 3 N–H and O–H groups in total. The van der Waals surface area contributed by atoms with Crippen LogP contribution >= 0.6 is 0 Å². The number of rotatable bonds is 4. The standard InChI is InChI=1S/C12H22N2O3/c1-9(2)14-11(17)13-8-12(10(15)16)6-4-3-5-7-12/h9H,3-8H2,1-2H3,(H,15,16)(H2,13,14,17). The van der Waals surface area contributed by atoms with Crippen molar-refractivity contribution >= 4 is 12.0 Å². The number of hydrogen-bond acceptors (Lipinski definition) is 2. The summed E-state index contributed by atoms with van der Waals surface area (Å²) in [6.45, 7) is 3.96. The molecule has 0 atom stereocenters. The number of nitrogens with one attached hydrogen (secondary N) is 2. The molecule has 1 rings (SSSR count). The van der Waals surface area contributed by atoms with Gasteiger partial charge in [-0.25, -0.2) is 4.79 Å². The number of urea groups is 1. The lowest BCUT2D eigenvalue weighted by Gasteiger charge is -2.33. The van der Waals surface area contributed by atoms with E-state index in [1.54, 1.807) is 0 Å². The molecule has 1 aliphatic rings. The van der Waals surface area contributed by atoms with Crippen LogP contribution in [0.4, 0.5) is 4.79 Å². The third kappa shape index (κ3) is 3.91. The van der Waals surface area contributed by atoms with Gasteiger partial charge in [0.25, 0.3) is 0 Å². The first-order valence-electron chi connectivity index (χ1n) is 6.24. The van der Waals surface area contributed by atoms with E-state index in [0.29, 0.717) is 12.8 Å². The van der Waals surface area contributed by atoms with Gasteiger partial charge in [-0.2, -0.15) is 0 Å². The molecule has 98 valence electrons. The minimum atomic E-state index is -0.790. The molecule has 17 heavy (non-hydrogen) atoms. The number of carboxylic acids is 1. The molecule has 0 aromatic carbocycles. The lowest BCUT2D eigenvalue weighted by atomic mass is 9.74. The molecular formula is C12H22N2O3. The van der Waals surface area contributed by atoms with E-state index >= 15 is 0 Å². The lowest BCUT2D eigenvalue weighted by Crippen LogP contribution is -2.48. The molecule has 1 saturated carbocycles. The normalized spacial score (nSPS) is 18.8. The molecule has 5 nitrogen and oxygen atoms in total. The smallest absolute Gasteiger partial charge is 0.315 e. The predicted octanol–water partition coefficient (Wildman–Crippen LogP) is 1.73. The molecule has 0 aromatic rings. The SMILES string of the molecule is CC(C)NC(=O)NCC1(C(=O)O)CCCCC1. The number of carbonyl (C=O) groups is 2. The molecule has 0 unspecified atom stereocenters. The van der Waals surface area contributed by atoms with Gasteiger partial charge in [0, 0.05) is 12.6 Å². The molecule has 0 aromatic heterocycles. The van der Waals surface area contributed by atoms with Gasteiger partial charge >= 0.3 is 12.0 Å². The van der Waals surface area contributed by atoms with Crippen molar-refractivity contribution in [2.45, 2.75) is 52.0 Å². The van der Waals surface area contributed by atoms with Gasteiger partial charge in [0.1, 0.15) is 0 Å². The van der Waals surface area contributed by atoms with Crippen LogP contribution in [0.3, 0.4) is 0 Å². The second-order valence-electron chi connectivity index (χ2n) is 5.13. The topological polar surface area (TPSA) is 78.4 Å². The van der Waals surface area contributed by atoms with Crippen LogP contribution in [-0.4, -0.2) is 29.7 Å². The van der Waals surface area contributed by atoms with Gasteiger partial charge in [-0.05, 0) is 26.7 Å². The molecule has 0 spiro atoms. The molecule has 0 aliphatic heterocycles. The Morgan fingerprint density at radius 2 is 1.82 bits per heavy atom. The van der Waals surface area contributed by atoms with E-state index in [9.17, 15) is 14.7 Å². The van der Waals surface area contributed by atoms with E-state index in [-0.39, 0.29) is 18.6 Å². The summed E-state index contributed by atoms with van der Waals surface area (Å²) in [5.74, 6) is -0.790. The molecule has 1 aliphatic carbocycles. The van der Waals surface area contributed by atoms with Gasteiger partial charge in [0.2, 0.25) is 0 Å². The third-order valence-electron chi connectivity index (χ3n) is 3.27. The average molecular weight is 242 g/mol. The van der Waals surface area contributed by atoms with Gasteiger partial charge in [-0.15, -0.1) is 0 Å².